The molecule has 0 aliphatic carbocycles. The molecule has 4 N–H and O–H groups in total. The van der Waals surface area contributed by atoms with Gasteiger partial charge in [0.2, 0.25) is 0 Å². The molecule has 5 nitrogen and oxygen atoms in total. The molecule has 0 aliphatic rings. The highest BCUT2D eigenvalue weighted by molar-refractivity contribution is 5.50. The lowest BCUT2D eigenvalue weighted by Gasteiger charge is -2.31. The van der Waals surface area contributed by atoms with E-state index >= 15 is 0 Å². The molecule has 0 heterocycles. The maximum atomic E-state index is 13.4. The second-order valence-electron chi connectivity index (χ2n) is 7.55. The Morgan fingerprint density at radius 2 is 1.41 bits per heavy atom. The normalized spacial score (nSPS) is 13.8. The molecule has 3 atom stereocenters. The lowest BCUT2D eigenvalue weighted by atomic mass is 9.94. The largest absolute Gasteiger partial charge is 0.508 e. The van der Waals surface area contributed by atoms with Gasteiger partial charge in [-0.05, 0) is 66.1 Å². The molecule has 7 heteroatoms. The van der Waals surface area contributed by atoms with Crippen LogP contribution in [0.25, 0.3) is 0 Å². The van der Waals surface area contributed by atoms with Crippen molar-refractivity contribution in [3.63, 3.8) is 0 Å². The van der Waals surface area contributed by atoms with Gasteiger partial charge in [-0.25, -0.2) is 8.78 Å². The maximum Gasteiger partial charge on any atom is 0.123 e. The van der Waals surface area contributed by atoms with E-state index in [1.165, 1.54) is 36.4 Å². The van der Waals surface area contributed by atoms with E-state index in [1.807, 2.05) is 0 Å². The molecule has 0 amide bonds. The zero-order valence-electron chi connectivity index (χ0n) is 17.4. The van der Waals surface area contributed by atoms with Crippen molar-refractivity contribution >= 4 is 12.0 Å². The van der Waals surface area contributed by atoms with Crippen molar-refractivity contribution in [3.05, 3.63) is 95.6 Å². The number of hydrogen-bond acceptors (Lipinski definition) is 5. The summed E-state index contributed by atoms with van der Waals surface area (Å²) in [5.41, 5.74) is 2.09. The van der Waals surface area contributed by atoms with Crippen LogP contribution in [-0.2, 0) is 4.79 Å². The van der Waals surface area contributed by atoms with Gasteiger partial charge in [0.05, 0.1) is 12.1 Å². The maximum absolute atomic E-state index is 13.4. The van der Waals surface area contributed by atoms with Gasteiger partial charge in [0.1, 0.15) is 23.7 Å². The van der Waals surface area contributed by atoms with Gasteiger partial charge in [0.15, 0.2) is 0 Å². The summed E-state index contributed by atoms with van der Waals surface area (Å²) in [5.74, 6) is -0.609. The summed E-state index contributed by atoms with van der Waals surface area (Å²) in [4.78, 5) is 11.1. The van der Waals surface area contributed by atoms with Gasteiger partial charge in [-0.3, -0.25) is 0 Å². The number of aliphatic hydroxyl groups excluding tert-OH is 1. The number of halogens is 2. The van der Waals surface area contributed by atoms with Crippen molar-refractivity contribution in [3.8, 4) is 5.75 Å². The Morgan fingerprint density at radius 1 is 0.844 bits per heavy atom. The van der Waals surface area contributed by atoms with E-state index < -0.39 is 6.10 Å². The van der Waals surface area contributed by atoms with E-state index in [0.29, 0.717) is 24.1 Å². The first-order valence-corrected chi connectivity index (χ1v) is 10.4. The first-order chi connectivity index (χ1) is 15.5. The van der Waals surface area contributed by atoms with Crippen LogP contribution in [0.2, 0.25) is 0 Å². The molecule has 0 fully saturated rings. The van der Waals surface area contributed by atoms with Crippen molar-refractivity contribution in [2.24, 2.45) is 0 Å². The van der Waals surface area contributed by atoms with Crippen LogP contribution in [0, 0.1) is 11.6 Å². The number of aliphatic hydroxyl groups is 1. The number of phenols is 1. The van der Waals surface area contributed by atoms with Crippen molar-refractivity contribution < 1.29 is 23.8 Å². The van der Waals surface area contributed by atoms with Gasteiger partial charge in [0.25, 0.3) is 0 Å². The fourth-order valence-corrected chi connectivity index (χ4v) is 3.52. The van der Waals surface area contributed by atoms with Crippen LogP contribution >= 0.6 is 0 Å². The molecular weight excluding hydrogens is 414 g/mol. The third kappa shape index (κ3) is 6.60. The number of carbonyl (C=O) groups is 1. The monoisotopic (exact) mass is 440 g/mol. The van der Waals surface area contributed by atoms with Gasteiger partial charge in [-0.15, -0.1) is 0 Å². The van der Waals surface area contributed by atoms with Crippen LogP contribution in [0.15, 0.2) is 72.8 Å². The number of phenolic OH excluding ortho intramolecular Hbond substituents is 1. The molecule has 3 aromatic carbocycles. The number of aromatic hydroxyl groups is 1. The fraction of sp³-hybridized carbons (Fsp3) is 0.240. The minimum absolute atomic E-state index is 0.124. The van der Waals surface area contributed by atoms with Crippen molar-refractivity contribution in [2.45, 2.75) is 31.0 Å². The number of anilines is 1. The molecule has 0 bridgehead atoms. The predicted molar refractivity (Wildman–Crippen MR) is 119 cm³/mol. The van der Waals surface area contributed by atoms with Crippen LogP contribution in [0.1, 0.15) is 36.1 Å². The minimum Gasteiger partial charge on any atom is -0.508 e. The molecule has 3 rings (SSSR count). The second-order valence-corrected chi connectivity index (χ2v) is 7.55. The molecule has 0 aromatic heterocycles. The summed E-state index contributed by atoms with van der Waals surface area (Å²) >= 11 is 0. The van der Waals surface area contributed by atoms with E-state index in [9.17, 15) is 23.8 Å². The molecule has 32 heavy (non-hydrogen) atoms. The molecule has 0 aliphatic heterocycles. The smallest absolute Gasteiger partial charge is 0.123 e. The number of benzene rings is 3. The Hall–Kier alpha value is -3.29. The number of rotatable bonds is 11. The Kier molecular flexibility index (Phi) is 8.30. The van der Waals surface area contributed by atoms with Gasteiger partial charge in [0, 0.05) is 24.7 Å². The Labute approximate surface area is 185 Å². The predicted octanol–water partition coefficient (Wildman–Crippen LogP) is 4.49. The Bertz CT molecular complexity index is 980. The summed E-state index contributed by atoms with van der Waals surface area (Å²) in [6.07, 6.45) is 0.723. The van der Waals surface area contributed by atoms with E-state index in [0.717, 1.165) is 11.8 Å². The second kappa shape index (κ2) is 11.4. The summed E-state index contributed by atoms with van der Waals surface area (Å²) in [5, 5.41) is 26.9. The quantitative estimate of drug-likeness (QED) is 0.330. The summed E-state index contributed by atoms with van der Waals surface area (Å²) < 4.78 is 26.5. The molecular formula is C25H26F2N2O3. The van der Waals surface area contributed by atoms with Crippen LogP contribution < -0.4 is 10.6 Å². The topological polar surface area (TPSA) is 81.6 Å². The van der Waals surface area contributed by atoms with Crippen molar-refractivity contribution in [2.75, 3.05) is 11.9 Å². The third-order valence-electron chi connectivity index (χ3n) is 5.24. The summed E-state index contributed by atoms with van der Waals surface area (Å²) in [6.45, 7) is 0.175. The lowest BCUT2D eigenvalue weighted by molar-refractivity contribution is -0.108. The zero-order valence-corrected chi connectivity index (χ0v) is 17.4. The zero-order chi connectivity index (χ0) is 22.9. The average molecular weight is 440 g/mol. The molecule has 0 radical (unpaired) electrons. The van der Waals surface area contributed by atoms with E-state index in [-0.39, 0.29) is 36.0 Å². The SMILES string of the molecule is O=CCC[C@H](NC[C@@H](O)c1ccc(F)cc1)[C@H](Nc1ccc(F)cc1)c1ccc(O)cc1. The number of nitrogens with one attached hydrogen (secondary N) is 2. The van der Waals surface area contributed by atoms with Crippen LogP contribution in [-0.4, -0.2) is 29.1 Å². The number of carbonyl (C=O) groups excluding carboxylic acids is 1. The van der Waals surface area contributed by atoms with E-state index in [4.69, 9.17) is 0 Å². The highest BCUT2D eigenvalue weighted by Crippen LogP contribution is 2.27. The Balaban J connectivity index is 1.83. The standard InChI is InChI=1S/C25H26F2N2O3/c26-19-7-3-17(4-8-19)24(32)16-28-23(2-1-15-30)25(18-5-13-22(31)14-6-18)29-21-11-9-20(27)10-12-21/h3-15,23-25,28-29,31-32H,1-2,16H2/t23-,24+,25+/m0/s1. The van der Waals surface area contributed by atoms with Gasteiger partial charge in [-0.1, -0.05) is 24.3 Å². The first kappa shape index (κ1) is 23.4. The molecule has 168 valence electrons. The first-order valence-electron chi connectivity index (χ1n) is 10.4. The highest BCUT2D eigenvalue weighted by Gasteiger charge is 2.24. The van der Waals surface area contributed by atoms with Crippen LogP contribution in [0.5, 0.6) is 5.75 Å². The van der Waals surface area contributed by atoms with Gasteiger partial charge < -0.3 is 25.6 Å². The lowest BCUT2D eigenvalue weighted by Crippen LogP contribution is -2.40. The highest BCUT2D eigenvalue weighted by atomic mass is 19.1. The van der Waals surface area contributed by atoms with E-state index in [1.54, 1.807) is 36.4 Å². The molecule has 3 aromatic rings. The molecule has 0 saturated heterocycles. The van der Waals surface area contributed by atoms with Crippen molar-refractivity contribution in [1.82, 2.24) is 5.32 Å². The third-order valence-corrected chi connectivity index (χ3v) is 5.24. The Morgan fingerprint density at radius 3 is 2.00 bits per heavy atom. The van der Waals surface area contributed by atoms with Gasteiger partial charge in [-0.2, -0.15) is 0 Å². The average Bonchev–Trinajstić information content (AvgIpc) is 2.80. The number of aldehydes is 1. The number of hydrogen-bond donors (Lipinski definition) is 4. The fourth-order valence-electron chi connectivity index (χ4n) is 3.52. The molecule has 0 saturated carbocycles. The van der Waals surface area contributed by atoms with Crippen LogP contribution in [0.4, 0.5) is 14.5 Å². The minimum atomic E-state index is -0.874. The van der Waals surface area contributed by atoms with Crippen molar-refractivity contribution in [1.29, 1.82) is 0 Å². The van der Waals surface area contributed by atoms with Gasteiger partial charge >= 0.3 is 0 Å². The van der Waals surface area contributed by atoms with E-state index in [2.05, 4.69) is 10.6 Å². The molecule has 0 spiro atoms. The molecule has 0 unspecified atom stereocenters. The van der Waals surface area contributed by atoms with Crippen LogP contribution in [0.3, 0.4) is 0 Å². The summed E-state index contributed by atoms with van der Waals surface area (Å²) in [7, 11) is 0. The summed E-state index contributed by atoms with van der Waals surface area (Å²) in [6, 6.07) is 17.6.